The van der Waals surface area contributed by atoms with Crippen LogP contribution in [-0.2, 0) is 0 Å². The molecule has 0 aliphatic heterocycles. The van der Waals surface area contributed by atoms with E-state index in [1.54, 1.807) is 12.1 Å². The molecule has 0 saturated carbocycles. The first-order valence-electron chi connectivity index (χ1n) is 4.36. The van der Waals surface area contributed by atoms with Gasteiger partial charge in [0.1, 0.15) is 0 Å². The van der Waals surface area contributed by atoms with Crippen molar-refractivity contribution >= 4 is 0 Å². The van der Waals surface area contributed by atoms with Crippen LogP contribution in [0.5, 0.6) is 0 Å². The standard InChI is InChI=1S/C6H14.2C2H3N/c1-3-5-6-4-2;2*1-2-3/h3-6H2,1-2H3;2*1H3. The highest BCUT2D eigenvalue weighted by atomic mass is 14.2. The molecule has 0 heterocycles. The average Bonchev–Trinajstić information content (AvgIpc) is 2.04. The minimum Gasteiger partial charge on any atom is -0.199 e. The Morgan fingerprint density at radius 1 is 0.833 bits per heavy atom. The van der Waals surface area contributed by atoms with E-state index in [0.717, 1.165) is 0 Å². The van der Waals surface area contributed by atoms with E-state index in [9.17, 15) is 0 Å². The van der Waals surface area contributed by atoms with Gasteiger partial charge in [0.25, 0.3) is 0 Å². The summed E-state index contributed by atoms with van der Waals surface area (Å²) in [6.45, 7) is 7.32. The third-order valence-electron chi connectivity index (χ3n) is 0.957. The molecule has 0 atom stereocenters. The second-order valence-corrected chi connectivity index (χ2v) is 2.15. The molecule has 0 aliphatic carbocycles. The van der Waals surface area contributed by atoms with Crippen LogP contribution >= 0.6 is 0 Å². The van der Waals surface area contributed by atoms with E-state index in [4.69, 9.17) is 10.5 Å². The molecule has 12 heavy (non-hydrogen) atoms. The van der Waals surface area contributed by atoms with Crippen molar-refractivity contribution in [1.29, 1.82) is 10.5 Å². The highest BCUT2D eigenvalue weighted by Gasteiger charge is 1.75. The topological polar surface area (TPSA) is 47.6 Å². The van der Waals surface area contributed by atoms with Gasteiger partial charge in [0, 0.05) is 13.8 Å². The summed E-state index contributed by atoms with van der Waals surface area (Å²) in [5.74, 6) is 0. The zero-order valence-electron chi connectivity index (χ0n) is 8.72. The molecule has 0 fully saturated rings. The van der Waals surface area contributed by atoms with Gasteiger partial charge in [-0.05, 0) is 0 Å². The summed E-state index contributed by atoms with van der Waals surface area (Å²) in [7, 11) is 0. The van der Waals surface area contributed by atoms with E-state index in [-0.39, 0.29) is 0 Å². The molecular formula is C10H20N2. The Balaban J connectivity index is -0.000000115. The Morgan fingerprint density at radius 3 is 1.08 bits per heavy atom. The Kier molecular flexibility index (Phi) is 46.4. The maximum atomic E-state index is 7.32. The van der Waals surface area contributed by atoms with Gasteiger partial charge in [0.15, 0.2) is 0 Å². The van der Waals surface area contributed by atoms with Crippen molar-refractivity contribution in [3.05, 3.63) is 0 Å². The number of nitrogens with zero attached hydrogens (tertiary/aromatic N) is 2. The predicted octanol–water partition coefficient (Wildman–Crippen LogP) is 3.65. The Bertz CT molecular complexity index is 101. The predicted molar refractivity (Wildman–Crippen MR) is 52.4 cm³/mol. The first kappa shape index (κ1) is 17.2. The normalized spacial score (nSPS) is 5.83. The SMILES string of the molecule is CC#N.CC#N.CCCCCC. The Hall–Kier alpha value is -1.02. The van der Waals surface area contributed by atoms with E-state index in [1.165, 1.54) is 39.5 Å². The van der Waals surface area contributed by atoms with Gasteiger partial charge in [-0.2, -0.15) is 10.5 Å². The summed E-state index contributed by atoms with van der Waals surface area (Å²) < 4.78 is 0. The molecular weight excluding hydrogens is 148 g/mol. The number of hydrogen-bond donors (Lipinski definition) is 0. The van der Waals surface area contributed by atoms with Crippen LogP contribution in [0.2, 0.25) is 0 Å². The van der Waals surface area contributed by atoms with Crippen molar-refractivity contribution in [3.8, 4) is 12.1 Å². The molecule has 0 spiro atoms. The molecule has 70 valence electrons. The van der Waals surface area contributed by atoms with Crippen LogP contribution in [0.15, 0.2) is 0 Å². The van der Waals surface area contributed by atoms with E-state index < -0.39 is 0 Å². The van der Waals surface area contributed by atoms with Gasteiger partial charge >= 0.3 is 0 Å². The second kappa shape index (κ2) is 32.5. The summed E-state index contributed by atoms with van der Waals surface area (Å²) in [6.07, 6.45) is 5.54. The molecule has 0 aromatic rings. The van der Waals surface area contributed by atoms with Gasteiger partial charge < -0.3 is 0 Å². The van der Waals surface area contributed by atoms with Crippen LogP contribution < -0.4 is 0 Å². The highest BCUT2D eigenvalue weighted by molar-refractivity contribution is 4.51. The molecule has 0 N–H and O–H groups in total. The van der Waals surface area contributed by atoms with Crippen LogP contribution in [0, 0.1) is 22.7 Å². The zero-order valence-corrected chi connectivity index (χ0v) is 8.72. The Morgan fingerprint density at radius 2 is 1.00 bits per heavy atom. The number of hydrogen-bond acceptors (Lipinski definition) is 2. The van der Waals surface area contributed by atoms with Crippen molar-refractivity contribution in [1.82, 2.24) is 0 Å². The summed E-state index contributed by atoms with van der Waals surface area (Å²) in [4.78, 5) is 0. The summed E-state index contributed by atoms with van der Waals surface area (Å²) in [5, 5.41) is 14.6. The molecule has 2 nitrogen and oxygen atoms in total. The summed E-state index contributed by atoms with van der Waals surface area (Å²) in [6, 6.07) is 3.50. The van der Waals surface area contributed by atoms with Gasteiger partial charge in [0.2, 0.25) is 0 Å². The number of nitriles is 2. The van der Waals surface area contributed by atoms with Crippen LogP contribution in [0.3, 0.4) is 0 Å². The molecule has 0 radical (unpaired) electrons. The third kappa shape index (κ3) is 146. The van der Waals surface area contributed by atoms with E-state index in [2.05, 4.69) is 13.8 Å². The summed E-state index contributed by atoms with van der Waals surface area (Å²) in [5.41, 5.74) is 0. The zero-order chi connectivity index (χ0) is 10.2. The van der Waals surface area contributed by atoms with E-state index >= 15 is 0 Å². The first-order valence-corrected chi connectivity index (χ1v) is 4.36. The monoisotopic (exact) mass is 168 g/mol. The number of unbranched alkanes of at least 4 members (excludes halogenated alkanes) is 3. The highest BCUT2D eigenvalue weighted by Crippen LogP contribution is 1.95. The lowest BCUT2D eigenvalue weighted by atomic mass is 10.2. The molecule has 0 bridgehead atoms. The van der Waals surface area contributed by atoms with Crippen LogP contribution in [0.4, 0.5) is 0 Å². The van der Waals surface area contributed by atoms with Crippen molar-refractivity contribution < 1.29 is 0 Å². The smallest absolute Gasteiger partial charge is 0.0587 e. The number of rotatable bonds is 3. The largest absolute Gasteiger partial charge is 0.199 e. The van der Waals surface area contributed by atoms with Gasteiger partial charge in [-0.15, -0.1) is 0 Å². The first-order chi connectivity index (χ1) is 5.74. The second-order valence-electron chi connectivity index (χ2n) is 2.15. The van der Waals surface area contributed by atoms with Gasteiger partial charge in [-0.3, -0.25) is 0 Å². The molecule has 0 aromatic carbocycles. The molecule has 0 rings (SSSR count). The van der Waals surface area contributed by atoms with Crippen LogP contribution in [0.1, 0.15) is 53.4 Å². The fourth-order valence-corrected chi connectivity index (χ4v) is 0.500. The lowest BCUT2D eigenvalue weighted by molar-refractivity contribution is 0.702. The minimum absolute atomic E-state index is 1.36. The maximum absolute atomic E-state index is 7.32. The lowest BCUT2D eigenvalue weighted by Crippen LogP contribution is -1.66. The van der Waals surface area contributed by atoms with Gasteiger partial charge in [-0.1, -0.05) is 39.5 Å². The summed E-state index contributed by atoms with van der Waals surface area (Å²) >= 11 is 0. The van der Waals surface area contributed by atoms with E-state index in [0.29, 0.717) is 0 Å². The lowest BCUT2D eigenvalue weighted by Gasteiger charge is -1.86. The van der Waals surface area contributed by atoms with Crippen molar-refractivity contribution in [3.63, 3.8) is 0 Å². The van der Waals surface area contributed by atoms with Gasteiger partial charge in [0.05, 0.1) is 12.1 Å². The fourth-order valence-electron chi connectivity index (χ4n) is 0.500. The minimum atomic E-state index is 1.36. The molecule has 0 aromatic heterocycles. The molecule has 0 saturated heterocycles. The molecule has 0 unspecified atom stereocenters. The third-order valence-corrected chi connectivity index (χ3v) is 0.957. The molecule has 0 aliphatic rings. The quantitative estimate of drug-likeness (QED) is 0.604. The maximum Gasteiger partial charge on any atom is 0.0587 e. The van der Waals surface area contributed by atoms with Gasteiger partial charge in [-0.25, -0.2) is 0 Å². The molecule has 0 amide bonds. The fraction of sp³-hybridized carbons (Fsp3) is 0.800. The van der Waals surface area contributed by atoms with Crippen LogP contribution in [0.25, 0.3) is 0 Å². The van der Waals surface area contributed by atoms with Crippen molar-refractivity contribution in [2.45, 2.75) is 53.4 Å². The Labute approximate surface area is 76.8 Å². The van der Waals surface area contributed by atoms with Crippen molar-refractivity contribution in [2.24, 2.45) is 0 Å². The van der Waals surface area contributed by atoms with E-state index in [1.807, 2.05) is 0 Å². The average molecular weight is 168 g/mol. The van der Waals surface area contributed by atoms with Crippen LogP contribution in [-0.4, -0.2) is 0 Å². The van der Waals surface area contributed by atoms with Crippen molar-refractivity contribution in [2.75, 3.05) is 0 Å². The molecule has 2 heteroatoms.